The van der Waals surface area contributed by atoms with E-state index in [2.05, 4.69) is 22.5 Å². The molecule has 1 aromatic carbocycles. The predicted octanol–water partition coefficient (Wildman–Crippen LogP) is 2.49. The summed E-state index contributed by atoms with van der Waals surface area (Å²) >= 11 is 5.34. The number of benzene rings is 1. The molecule has 0 aliphatic carbocycles. The van der Waals surface area contributed by atoms with Crippen molar-refractivity contribution >= 4 is 38.7 Å². The number of piperidine rings is 1. The van der Waals surface area contributed by atoms with E-state index in [0.29, 0.717) is 10.8 Å². The molecule has 1 fully saturated rings. The van der Waals surface area contributed by atoms with Crippen molar-refractivity contribution in [3.8, 4) is 0 Å². The first-order valence-corrected chi connectivity index (χ1v) is 11.3. The molecule has 1 aliphatic heterocycles. The largest absolute Gasteiger partial charge is 0.362 e. The minimum atomic E-state index is -3.28. The van der Waals surface area contributed by atoms with Crippen LogP contribution in [0, 0.1) is 5.92 Å². The van der Waals surface area contributed by atoms with Gasteiger partial charge in [0.2, 0.25) is 10.0 Å². The van der Waals surface area contributed by atoms with Gasteiger partial charge in [0.25, 0.3) is 0 Å². The van der Waals surface area contributed by atoms with Crippen molar-refractivity contribution in [2.45, 2.75) is 26.2 Å². The molecule has 0 unspecified atom stereocenters. The summed E-state index contributed by atoms with van der Waals surface area (Å²) in [6, 6.07) is 7.19. The molecule has 146 valence electrons. The minimum absolute atomic E-state index is 0.552. The Labute approximate surface area is 163 Å². The van der Waals surface area contributed by atoms with Crippen LogP contribution in [-0.2, 0) is 10.0 Å². The van der Waals surface area contributed by atoms with Gasteiger partial charge in [-0.3, -0.25) is 4.31 Å². The predicted molar refractivity (Wildman–Crippen MR) is 113 cm³/mol. The third-order valence-electron chi connectivity index (χ3n) is 4.64. The van der Waals surface area contributed by atoms with Gasteiger partial charge in [0, 0.05) is 25.8 Å². The molecule has 2 N–H and O–H groups in total. The Morgan fingerprint density at radius 3 is 2.88 bits per heavy atom. The Morgan fingerprint density at radius 2 is 2.19 bits per heavy atom. The van der Waals surface area contributed by atoms with E-state index in [1.807, 2.05) is 6.07 Å². The van der Waals surface area contributed by atoms with Crippen LogP contribution in [0.4, 0.5) is 11.4 Å². The zero-order valence-corrected chi connectivity index (χ0v) is 17.5. The summed E-state index contributed by atoms with van der Waals surface area (Å²) in [5.41, 5.74) is 1.36. The van der Waals surface area contributed by atoms with Gasteiger partial charge in [-0.05, 0) is 68.7 Å². The average molecular weight is 399 g/mol. The maximum atomic E-state index is 11.7. The highest BCUT2D eigenvalue weighted by molar-refractivity contribution is 7.92. The summed E-state index contributed by atoms with van der Waals surface area (Å²) in [6.45, 7) is 6.63. The standard InChI is InChI=1S/C18H30N4O2S2/c1-15-7-5-11-22(14-15)12-6-10-19-18(25)20-16-8-4-9-17(13-16)21(2)26(3,23)24/h4,8-9,13,15H,5-7,10-12,14H2,1-3H3,(H2,19,20,25)/t15-/m0/s1. The fraction of sp³-hybridized carbons (Fsp3) is 0.611. The average Bonchev–Trinajstić information content (AvgIpc) is 2.57. The number of nitrogens with one attached hydrogen (secondary N) is 2. The van der Waals surface area contributed by atoms with E-state index in [-0.39, 0.29) is 0 Å². The van der Waals surface area contributed by atoms with E-state index in [1.165, 1.54) is 43.5 Å². The molecule has 1 saturated heterocycles. The molecule has 8 heteroatoms. The lowest BCUT2D eigenvalue weighted by molar-refractivity contribution is 0.182. The molecule has 0 bridgehead atoms. The molecule has 0 aromatic heterocycles. The molecule has 0 radical (unpaired) electrons. The number of anilines is 2. The van der Waals surface area contributed by atoms with Crippen molar-refractivity contribution in [2.24, 2.45) is 5.92 Å². The van der Waals surface area contributed by atoms with Crippen LogP contribution in [0.15, 0.2) is 24.3 Å². The van der Waals surface area contributed by atoms with Crippen LogP contribution in [0.3, 0.4) is 0 Å². The Morgan fingerprint density at radius 1 is 1.42 bits per heavy atom. The van der Waals surface area contributed by atoms with Gasteiger partial charge in [0.05, 0.1) is 11.9 Å². The first kappa shape index (κ1) is 20.9. The van der Waals surface area contributed by atoms with Crippen molar-refractivity contribution in [1.82, 2.24) is 10.2 Å². The van der Waals surface area contributed by atoms with E-state index in [4.69, 9.17) is 12.2 Å². The van der Waals surface area contributed by atoms with Crippen LogP contribution in [0.25, 0.3) is 0 Å². The quantitative estimate of drug-likeness (QED) is 0.543. The Hall–Kier alpha value is -1.38. The molecular formula is C18H30N4O2S2. The van der Waals surface area contributed by atoms with E-state index in [1.54, 1.807) is 18.2 Å². The van der Waals surface area contributed by atoms with Crippen molar-refractivity contribution in [3.05, 3.63) is 24.3 Å². The van der Waals surface area contributed by atoms with Crippen LogP contribution in [0.1, 0.15) is 26.2 Å². The van der Waals surface area contributed by atoms with Gasteiger partial charge in [-0.15, -0.1) is 0 Å². The number of hydrogen-bond donors (Lipinski definition) is 2. The zero-order valence-electron chi connectivity index (χ0n) is 15.9. The molecule has 1 aliphatic rings. The number of nitrogens with zero attached hydrogens (tertiary/aromatic N) is 2. The number of sulfonamides is 1. The van der Waals surface area contributed by atoms with Gasteiger partial charge in [-0.25, -0.2) is 8.42 Å². The highest BCUT2D eigenvalue weighted by Crippen LogP contribution is 2.20. The van der Waals surface area contributed by atoms with E-state index >= 15 is 0 Å². The first-order valence-electron chi connectivity index (χ1n) is 9.07. The second-order valence-corrected chi connectivity index (χ2v) is 9.49. The van der Waals surface area contributed by atoms with Gasteiger partial charge in [-0.2, -0.15) is 0 Å². The lowest BCUT2D eigenvalue weighted by Crippen LogP contribution is -2.37. The van der Waals surface area contributed by atoms with Gasteiger partial charge in [0.1, 0.15) is 0 Å². The summed E-state index contributed by atoms with van der Waals surface area (Å²) in [5.74, 6) is 0.803. The second kappa shape index (κ2) is 9.53. The Kier molecular flexibility index (Phi) is 7.67. The van der Waals surface area contributed by atoms with Crippen LogP contribution in [-0.4, -0.2) is 57.9 Å². The highest BCUT2D eigenvalue weighted by Gasteiger charge is 2.15. The molecule has 1 aromatic rings. The summed E-state index contributed by atoms with van der Waals surface area (Å²) < 4.78 is 24.6. The molecule has 1 atom stereocenters. The van der Waals surface area contributed by atoms with E-state index in [9.17, 15) is 8.42 Å². The minimum Gasteiger partial charge on any atom is -0.362 e. The molecule has 0 saturated carbocycles. The number of rotatable bonds is 7. The summed E-state index contributed by atoms with van der Waals surface area (Å²) in [6.07, 6.45) is 4.87. The van der Waals surface area contributed by atoms with Gasteiger partial charge in [-0.1, -0.05) is 13.0 Å². The highest BCUT2D eigenvalue weighted by atomic mass is 32.2. The lowest BCUT2D eigenvalue weighted by Gasteiger charge is -2.30. The molecule has 2 rings (SSSR count). The smallest absolute Gasteiger partial charge is 0.231 e. The Balaban J connectivity index is 1.75. The maximum Gasteiger partial charge on any atom is 0.231 e. The number of likely N-dealkylation sites (tertiary alicyclic amines) is 1. The number of thiocarbonyl (C=S) groups is 1. The van der Waals surface area contributed by atoms with Crippen molar-refractivity contribution in [2.75, 3.05) is 49.1 Å². The third-order valence-corrected chi connectivity index (χ3v) is 6.10. The summed E-state index contributed by atoms with van der Waals surface area (Å²) in [5, 5.41) is 6.89. The first-order chi connectivity index (χ1) is 12.3. The van der Waals surface area contributed by atoms with E-state index < -0.39 is 10.0 Å². The van der Waals surface area contributed by atoms with Crippen molar-refractivity contribution in [1.29, 1.82) is 0 Å². The van der Waals surface area contributed by atoms with Crippen molar-refractivity contribution < 1.29 is 8.42 Å². The molecule has 1 heterocycles. The zero-order chi connectivity index (χ0) is 19.2. The van der Waals surface area contributed by atoms with Gasteiger partial charge < -0.3 is 15.5 Å². The second-order valence-electron chi connectivity index (χ2n) is 7.06. The van der Waals surface area contributed by atoms with Crippen LogP contribution >= 0.6 is 12.2 Å². The van der Waals surface area contributed by atoms with Gasteiger partial charge in [0.15, 0.2) is 5.11 Å². The molecule has 0 amide bonds. The monoisotopic (exact) mass is 398 g/mol. The molecule has 0 spiro atoms. The van der Waals surface area contributed by atoms with E-state index in [0.717, 1.165) is 31.1 Å². The third kappa shape index (κ3) is 6.74. The normalized spacial score (nSPS) is 18.3. The van der Waals surface area contributed by atoms with Crippen molar-refractivity contribution in [3.63, 3.8) is 0 Å². The maximum absolute atomic E-state index is 11.7. The van der Waals surface area contributed by atoms with Crippen LogP contribution in [0.5, 0.6) is 0 Å². The van der Waals surface area contributed by atoms with Gasteiger partial charge >= 0.3 is 0 Å². The summed E-state index contributed by atoms with van der Waals surface area (Å²) in [7, 11) is -1.75. The molecule has 6 nitrogen and oxygen atoms in total. The fourth-order valence-electron chi connectivity index (χ4n) is 3.14. The fourth-order valence-corrected chi connectivity index (χ4v) is 3.86. The topological polar surface area (TPSA) is 64.7 Å². The number of hydrogen-bond acceptors (Lipinski definition) is 4. The molecule has 26 heavy (non-hydrogen) atoms. The van der Waals surface area contributed by atoms with Crippen LogP contribution < -0.4 is 14.9 Å². The summed E-state index contributed by atoms with van der Waals surface area (Å²) in [4.78, 5) is 2.52. The molecular weight excluding hydrogens is 368 g/mol. The Bertz CT molecular complexity index is 709. The lowest BCUT2D eigenvalue weighted by atomic mass is 10.0. The SMILES string of the molecule is C[C@H]1CCCN(CCCNC(=S)Nc2cccc(N(C)S(C)(=O)=O)c2)C1. The van der Waals surface area contributed by atoms with Crippen LogP contribution in [0.2, 0.25) is 0 Å².